The molecule has 0 aliphatic heterocycles. The predicted molar refractivity (Wildman–Crippen MR) is 148 cm³/mol. The van der Waals surface area contributed by atoms with Crippen LogP contribution in [-0.2, 0) is 26.6 Å². The fourth-order valence-electron chi connectivity index (χ4n) is 3.52. The summed E-state index contributed by atoms with van der Waals surface area (Å²) < 4.78 is 116. The van der Waals surface area contributed by atoms with Gasteiger partial charge in [-0.05, 0) is 41.5 Å². The van der Waals surface area contributed by atoms with Gasteiger partial charge in [0.05, 0.1) is 36.3 Å². The van der Waals surface area contributed by atoms with Crippen molar-refractivity contribution in [3.05, 3.63) is 47.0 Å². The molecule has 0 N–H and O–H groups in total. The summed E-state index contributed by atoms with van der Waals surface area (Å²) in [6.07, 6.45) is -10.4. The van der Waals surface area contributed by atoms with Gasteiger partial charge in [0, 0.05) is 37.5 Å². The summed E-state index contributed by atoms with van der Waals surface area (Å²) >= 11 is 0. The molecular formula is C27H34F6LiO7P. The van der Waals surface area contributed by atoms with E-state index >= 15 is 0 Å². The summed E-state index contributed by atoms with van der Waals surface area (Å²) in [7, 11) is -1.22. The fourth-order valence-corrected chi connectivity index (χ4v) is 4.67. The minimum atomic E-state index is -5.21. The first kappa shape index (κ1) is 38.0. The Balaban J connectivity index is 0.00000882. The summed E-state index contributed by atoms with van der Waals surface area (Å²) in [6.45, 7) is 7.20. The molecule has 0 spiro atoms. The zero-order chi connectivity index (χ0) is 30.5. The van der Waals surface area contributed by atoms with Gasteiger partial charge in [0.25, 0.3) is 0 Å². The molecule has 232 valence electrons. The third-order valence-corrected chi connectivity index (χ3v) is 6.48. The van der Waals surface area contributed by atoms with Gasteiger partial charge >= 0.3 is 31.2 Å². The third-order valence-electron chi connectivity index (χ3n) is 5.26. The number of hydrogen-bond acceptors (Lipinski definition) is 7. The standard InChI is InChI=1S/C27H33F6O7P.Li.H/c1-4-35-10-13-38-18-16-21(39-14-11-36-5-2)24(22(17-18)40-15-12-37-6-3)41-25(34)23-19(26(28,29)30)8-7-9-20(23)27(31,32)33;;/h7-9,16-17,41H,4-6,10-15H2,1-3H3;;. The Morgan fingerprint density at radius 3 is 1.48 bits per heavy atom. The van der Waals surface area contributed by atoms with E-state index in [4.69, 9.17) is 28.4 Å². The molecule has 0 aliphatic rings. The SMILES string of the molecule is CCOCCOc1cc(OCCOCC)c(PC(=O)c2c(C(F)(F)F)cccc2C(F)(F)F)c(OCCOCC)c1.[LiH]. The van der Waals surface area contributed by atoms with Gasteiger partial charge in [-0.2, -0.15) is 26.3 Å². The molecule has 0 saturated heterocycles. The van der Waals surface area contributed by atoms with Crippen molar-refractivity contribution in [3.63, 3.8) is 0 Å². The first-order valence-corrected chi connectivity index (χ1v) is 13.8. The van der Waals surface area contributed by atoms with E-state index in [2.05, 4.69) is 0 Å². The van der Waals surface area contributed by atoms with Gasteiger partial charge in [-0.1, -0.05) is 6.07 Å². The Labute approximate surface area is 254 Å². The fraction of sp³-hybridized carbons (Fsp3) is 0.519. The number of alkyl halides is 6. The average Bonchev–Trinajstić information content (AvgIpc) is 2.91. The van der Waals surface area contributed by atoms with Crippen LogP contribution in [0.25, 0.3) is 0 Å². The van der Waals surface area contributed by atoms with Gasteiger partial charge in [0.1, 0.15) is 37.1 Å². The van der Waals surface area contributed by atoms with Crippen LogP contribution in [0.2, 0.25) is 0 Å². The normalized spacial score (nSPS) is 11.9. The van der Waals surface area contributed by atoms with Crippen LogP contribution in [0.3, 0.4) is 0 Å². The molecule has 2 aromatic rings. The van der Waals surface area contributed by atoms with Crippen LogP contribution in [0.5, 0.6) is 17.2 Å². The molecule has 0 aromatic heterocycles. The molecule has 1 unspecified atom stereocenters. The van der Waals surface area contributed by atoms with Crippen LogP contribution in [0, 0.1) is 0 Å². The van der Waals surface area contributed by atoms with E-state index in [1.165, 1.54) is 12.1 Å². The topological polar surface area (TPSA) is 72.5 Å². The predicted octanol–water partition coefficient (Wildman–Crippen LogP) is 5.47. The van der Waals surface area contributed by atoms with Crippen LogP contribution >= 0.6 is 8.58 Å². The summed E-state index contributed by atoms with van der Waals surface area (Å²) in [6, 6.07) is 4.29. The maximum atomic E-state index is 13.8. The molecule has 1 atom stereocenters. The number of benzene rings is 2. The Morgan fingerprint density at radius 2 is 1.10 bits per heavy atom. The van der Waals surface area contributed by atoms with E-state index in [1.807, 2.05) is 6.92 Å². The van der Waals surface area contributed by atoms with Crippen molar-refractivity contribution in [1.82, 2.24) is 0 Å². The van der Waals surface area contributed by atoms with Gasteiger partial charge in [-0.25, -0.2) is 0 Å². The van der Waals surface area contributed by atoms with Gasteiger partial charge in [-0.3, -0.25) is 4.79 Å². The van der Waals surface area contributed by atoms with Gasteiger partial charge in [-0.15, -0.1) is 0 Å². The Bertz CT molecular complexity index is 1050. The number of hydrogen-bond donors (Lipinski definition) is 0. The molecule has 2 rings (SSSR count). The van der Waals surface area contributed by atoms with Crippen LogP contribution in [0.1, 0.15) is 42.3 Å². The van der Waals surface area contributed by atoms with Crippen LogP contribution in [-0.4, -0.2) is 83.8 Å². The Morgan fingerprint density at radius 1 is 0.690 bits per heavy atom. The summed E-state index contributed by atoms with van der Waals surface area (Å²) in [5, 5.41) is -0.0229. The molecule has 7 nitrogen and oxygen atoms in total. The van der Waals surface area contributed by atoms with Crippen molar-refractivity contribution >= 4 is 38.3 Å². The molecule has 0 heterocycles. The summed E-state index contributed by atoms with van der Waals surface area (Å²) in [5.41, 5.74) is -6.22. The van der Waals surface area contributed by atoms with Crippen LogP contribution < -0.4 is 19.5 Å². The Kier molecular flexibility index (Phi) is 16.9. The average molecular weight is 622 g/mol. The summed E-state index contributed by atoms with van der Waals surface area (Å²) in [4.78, 5) is 13.3. The second-order valence-electron chi connectivity index (χ2n) is 8.11. The molecule has 0 aliphatic carbocycles. The van der Waals surface area contributed by atoms with Gasteiger partial charge < -0.3 is 28.4 Å². The van der Waals surface area contributed by atoms with Gasteiger partial charge in [0.2, 0.25) is 0 Å². The zero-order valence-corrected chi connectivity index (χ0v) is 23.9. The number of carbonyl (C=O) groups is 1. The van der Waals surface area contributed by atoms with Crippen molar-refractivity contribution in [3.8, 4) is 17.2 Å². The van der Waals surface area contributed by atoms with Crippen molar-refractivity contribution in [1.29, 1.82) is 0 Å². The van der Waals surface area contributed by atoms with Crippen molar-refractivity contribution < 1.29 is 59.6 Å². The zero-order valence-electron chi connectivity index (χ0n) is 22.9. The quantitative estimate of drug-likeness (QED) is 0.0946. The van der Waals surface area contributed by atoms with E-state index < -0.39 is 43.1 Å². The minimum absolute atomic E-state index is 0. The molecule has 15 heteroatoms. The van der Waals surface area contributed by atoms with E-state index in [0.717, 1.165) is 0 Å². The van der Waals surface area contributed by atoms with E-state index in [9.17, 15) is 31.1 Å². The third kappa shape index (κ3) is 11.9. The molecule has 2 aromatic carbocycles. The Hall–Kier alpha value is -2.00. The first-order chi connectivity index (χ1) is 19.4. The van der Waals surface area contributed by atoms with Gasteiger partial charge in [0.15, 0.2) is 5.52 Å². The van der Waals surface area contributed by atoms with Crippen molar-refractivity contribution in [2.75, 3.05) is 59.5 Å². The molecule has 0 saturated carbocycles. The van der Waals surface area contributed by atoms with Crippen molar-refractivity contribution in [2.45, 2.75) is 33.1 Å². The number of ether oxygens (including phenoxy) is 6. The molecule has 0 bridgehead atoms. The maximum absolute atomic E-state index is 13.8. The second kappa shape index (κ2) is 18.6. The monoisotopic (exact) mass is 622 g/mol. The van der Waals surface area contributed by atoms with Crippen LogP contribution in [0.15, 0.2) is 30.3 Å². The molecular weight excluding hydrogens is 588 g/mol. The molecule has 0 radical (unpaired) electrons. The van der Waals surface area contributed by atoms with E-state index in [1.54, 1.807) is 13.8 Å². The number of halogens is 6. The summed E-state index contributed by atoms with van der Waals surface area (Å²) in [5.74, 6) is 0.222. The van der Waals surface area contributed by atoms with Crippen molar-refractivity contribution in [2.24, 2.45) is 0 Å². The second-order valence-corrected chi connectivity index (χ2v) is 9.31. The number of carbonyl (C=O) groups excluding carboxylic acids is 1. The van der Waals surface area contributed by atoms with E-state index in [-0.39, 0.29) is 81.1 Å². The molecule has 0 fully saturated rings. The molecule has 0 amide bonds. The van der Waals surface area contributed by atoms with Crippen LogP contribution in [0.4, 0.5) is 26.3 Å². The molecule has 42 heavy (non-hydrogen) atoms. The first-order valence-electron chi connectivity index (χ1n) is 12.8. The van der Waals surface area contributed by atoms with E-state index in [0.29, 0.717) is 38.0 Å². The number of rotatable bonds is 18.